The molecule has 1 N–H and O–H groups in total. The van der Waals surface area contributed by atoms with Crippen molar-refractivity contribution in [3.63, 3.8) is 0 Å². The minimum atomic E-state index is -0.572. The Morgan fingerprint density at radius 2 is 2.07 bits per heavy atom. The molecule has 0 saturated heterocycles. The highest BCUT2D eigenvalue weighted by molar-refractivity contribution is 7.97. The van der Waals surface area contributed by atoms with Gasteiger partial charge in [-0.2, -0.15) is 11.8 Å². The number of phenolic OH excluding ortho intramolecular Hbond substituents is 1. The van der Waals surface area contributed by atoms with Crippen LogP contribution < -0.4 is 5.63 Å². The summed E-state index contributed by atoms with van der Waals surface area (Å²) in [7, 11) is 0. The summed E-state index contributed by atoms with van der Waals surface area (Å²) in [5.74, 6) is 1.03. The van der Waals surface area contributed by atoms with Gasteiger partial charge in [0.15, 0.2) is 0 Å². The molecule has 0 aliphatic rings. The number of aromatic nitrogens is 2. The average molecular weight is 410 g/mol. The molecule has 0 unspecified atom stereocenters. The van der Waals surface area contributed by atoms with Crippen LogP contribution in [0.1, 0.15) is 11.4 Å². The number of para-hydroxylation sites is 2. The highest BCUT2D eigenvalue weighted by Crippen LogP contribution is 2.23. The van der Waals surface area contributed by atoms with Crippen LogP contribution in [-0.2, 0) is 28.4 Å². The molecule has 148 valence electrons. The van der Waals surface area contributed by atoms with Gasteiger partial charge in [0.05, 0.1) is 16.8 Å². The second kappa shape index (κ2) is 8.00. The lowest BCUT2D eigenvalue weighted by Gasteiger charge is -2.10. The zero-order valence-corrected chi connectivity index (χ0v) is 16.4. The van der Waals surface area contributed by atoms with E-state index in [4.69, 9.17) is 9.15 Å². The average Bonchev–Trinajstić information content (AvgIpc) is 3.03. The minimum Gasteiger partial charge on any atom is -0.508 e. The summed E-state index contributed by atoms with van der Waals surface area (Å²) in [6.07, 6.45) is 1.98. The third-order valence-electron chi connectivity index (χ3n) is 4.50. The predicted octanol–water partition coefficient (Wildman–Crippen LogP) is 3.45. The number of esters is 1. The molecular formula is C21H18N2O5S. The molecule has 0 amide bonds. The van der Waals surface area contributed by atoms with Crippen LogP contribution in [0.25, 0.3) is 22.0 Å². The molecule has 2 heterocycles. The summed E-state index contributed by atoms with van der Waals surface area (Å²) in [6, 6.07) is 13.4. The van der Waals surface area contributed by atoms with Crippen molar-refractivity contribution >= 4 is 39.7 Å². The number of imidazole rings is 1. The zero-order valence-electron chi connectivity index (χ0n) is 15.6. The molecule has 4 rings (SSSR count). The molecule has 0 aliphatic heterocycles. The molecule has 2 aromatic carbocycles. The maximum atomic E-state index is 12.5. The second-order valence-corrected chi connectivity index (χ2v) is 7.33. The zero-order chi connectivity index (χ0) is 20.4. The van der Waals surface area contributed by atoms with E-state index in [1.807, 2.05) is 35.1 Å². The van der Waals surface area contributed by atoms with E-state index in [9.17, 15) is 14.7 Å². The Morgan fingerprint density at radius 3 is 2.90 bits per heavy atom. The van der Waals surface area contributed by atoms with Crippen molar-refractivity contribution in [2.45, 2.75) is 18.9 Å². The van der Waals surface area contributed by atoms with Crippen molar-refractivity contribution in [1.82, 2.24) is 9.55 Å². The first-order valence-electron chi connectivity index (χ1n) is 8.89. The lowest BCUT2D eigenvalue weighted by molar-refractivity contribution is -0.145. The summed E-state index contributed by atoms with van der Waals surface area (Å²) in [5, 5.41) is 10.2. The third kappa shape index (κ3) is 3.97. The second-order valence-electron chi connectivity index (χ2n) is 6.47. The number of fused-ring (bicyclic) bond motifs is 2. The van der Waals surface area contributed by atoms with Gasteiger partial charge in [0, 0.05) is 23.1 Å². The van der Waals surface area contributed by atoms with Crippen LogP contribution in [0.5, 0.6) is 5.75 Å². The number of hydrogen-bond donors (Lipinski definition) is 1. The van der Waals surface area contributed by atoms with Crippen LogP contribution in [0.2, 0.25) is 0 Å². The number of aromatic hydroxyl groups is 1. The normalized spacial score (nSPS) is 11.2. The van der Waals surface area contributed by atoms with E-state index >= 15 is 0 Å². The summed E-state index contributed by atoms with van der Waals surface area (Å²) >= 11 is 1.62. The smallest absolute Gasteiger partial charge is 0.336 e. The highest BCUT2D eigenvalue weighted by Gasteiger charge is 2.15. The SMILES string of the molecule is CSCc1nc2ccccc2n1CC(=O)OCc1cc(=O)oc2cc(O)ccc12. The molecule has 0 atom stereocenters. The van der Waals surface area contributed by atoms with Gasteiger partial charge in [-0.1, -0.05) is 12.1 Å². The number of thioether (sulfide) groups is 1. The number of rotatable bonds is 6. The van der Waals surface area contributed by atoms with Crippen molar-refractivity contribution in [1.29, 1.82) is 0 Å². The Hall–Kier alpha value is -3.26. The monoisotopic (exact) mass is 410 g/mol. The number of hydrogen-bond acceptors (Lipinski definition) is 7. The number of benzene rings is 2. The van der Waals surface area contributed by atoms with Gasteiger partial charge in [0.2, 0.25) is 0 Å². The minimum absolute atomic E-state index is 0.0110. The van der Waals surface area contributed by atoms with Crippen LogP contribution in [0.15, 0.2) is 57.7 Å². The predicted molar refractivity (Wildman–Crippen MR) is 111 cm³/mol. The van der Waals surface area contributed by atoms with E-state index in [1.165, 1.54) is 18.2 Å². The number of ether oxygens (including phenoxy) is 1. The first kappa shape index (κ1) is 19.1. The number of carbonyl (C=O) groups is 1. The molecule has 8 heteroatoms. The van der Waals surface area contributed by atoms with Gasteiger partial charge < -0.3 is 18.8 Å². The van der Waals surface area contributed by atoms with Crippen LogP contribution in [0.3, 0.4) is 0 Å². The van der Waals surface area contributed by atoms with Gasteiger partial charge in [-0.3, -0.25) is 4.79 Å². The van der Waals surface area contributed by atoms with E-state index in [2.05, 4.69) is 4.98 Å². The molecule has 0 spiro atoms. The van der Waals surface area contributed by atoms with E-state index in [1.54, 1.807) is 17.8 Å². The number of carbonyl (C=O) groups excluding carboxylic acids is 1. The fourth-order valence-corrected chi connectivity index (χ4v) is 3.69. The molecule has 29 heavy (non-hydrogen) atoms. The van der Waals surface area contributed by atoms with Gasteiger partial charge in [-0.15, -0.1) is 0 Å². The molecule has 7 nitrogen and oxygen atoms in total. The standard InChI is InChI=1S/C21H18N2O5S/c1-29-12-19-22-16-4-2-3-5-17(16)23(19)10-21(26)27-11-13-8-20(25)28-18-9-14(24)6-7-15(13)18/h2-9,24H,10-12H2,1H3. The number of phenols is 1. The Kier molecular flexibility index (Phi) is 5.26. The van der Waals surface area contributed by atoms with Gasteiger partial charge >= 0.3 is 11.6 Å². The molecule has 4 aromatic rings. The quantitative estimate of drug-likeness (QED) is 0.384. The van der Waals surface area contributed by atoms with Gasteiger partial charge in [-0.05, 0) is 30.5 Å². The van der Waals surface area contributed by atoms with Crippen molar-refractivity contribution in [2.75, 3.05) is 6.26 Å². The largest absolute Gasteiger partial charge is 0.508 e. The molecule has 0 bridgehead atoms. The molecular weight excluding hydrogens is 392 g/mol. The molecule has 0 radical (unpaired) electrons. The Labute approximate surface area is 169 Å². The van der Waals surface area contributed by atoms with Gasteiger partial charge in [-0.25, -0.2) is 9.78 Å². The summed E-state index contributed by atoms with van der Waals surface area (Å²) in [6.45, 7) is -0.0488. The number of nitrogens with zero attached hydrogens (tertiary/aromatic N) is 2. The summed E-state index contributed by atoms with van der Waals surface area (Å²) in [4.78, 5) is 28.9. The lowest BCUT2D eigenvalue weighted by atomic mass is 10.1. The topological polar surface area (TPSA) is 94.6 Å². The van der Waals surface area contributed by atoms with E-state index in [0.717, 1.165) is 16.9 Å². The summed E-state index contributed by atoms with van der Waals surface area (Å²) in [5.41, 5.74) is 1.89. The van der Waals surface area contributed by atoms with Crippen LogP contribution in [0.4, 0.5) is 0 Å². The van der Waals surface area contributed by atoms with E-state index < -0.39 is 11.6 Å². The maximum absolute atomic E-state index is 12.5. The Bertz CT molecular complexity index is 1260. The molecule has 0 fully saturated rings. The molecule has 0 saturated carbocycles. The Balaban J connectivity index is 1.56. The van der Waals surface area contributed by atoms with Gasteiger partial charge in [0.25, 0.3) is 0 Å². The van der Waals surface area contributed by atoms with E-state index in [0.29, 0.717) is 16.7 Å². The fraction of sp³-hybridized carbons (Fsp3) is 0.190. The third-order valence-corrected chi connectivity index (χ3v) is 5.04. The summed E-state index contributed by atoms with van der Waals surface area (Å²) < 4.78 is 12.4. The Morgan fingerprint density at radius 1 is 1.24 bits per heavy atom. The van der Waals surface area contributed by atoms with Crippen LogP contribution in [-0.4, -0.2) is 26.9 Å². The lowest BCUT2D eigenvalue weighted by Crippen LogP contribution is -2.16. The first-order chi connectivity index (χ1) is 14.0. The van der Waals surface area contributed by atoms with Crippen LogP contribution >= 0.6 is 11.8 Å². The fourth-order valence-electron chi connectivity index (χ4n) is 3.21. The molecule has 0 aliphatic carbocycles. The van der Waals surface area contributed by atoms with Crippen molar-refractivity contribution < 1.29 is 19.1 Å². The highest BCUT2D eigenvalue weighted by atomic mass is 32.2. The van der Waals surface area contributed by atoms with Gasteiger partial charge in [0.1, 0.15) is 30.3 Å². The van der Waals surface area contributed by atoms with E-state index in [-0.39, 0.29) is 24.5 Å². The van der Waals surface area contributed by atoms with Crippen molar-refractivity contribution in [3.8, 4) is 5.75 Å². The molecule has 2 aromatic heterocycles. The van der Waals surface area contributed by atoms with Crippen molar-refractivity contribution in [3.05, 3.63) is 70.3 Å². The maximum Gasteiger partial charge on any atom is 0.336 e. The van der Waals surface area contributed by atoms with Crippen molar-refractivity contribution in [2.24, 2.45) is 0 Å². The van der Waals surface area contributed by atoms with Crippen LogP contribution in [0, 0.1) is 0 Å². The first-order valence-corrected chi connectivity index (χ1v) is 10.3.